The monoisotopic (exact) mass is 540 g/mol. The number of carbonyl (C=O) groups is 2. The SMILES string of the molecule is CC(C)OCCCN1CN(Cc2ccccn2)n2cc(C(=O)CCc3ccc(F)cc3F)c(=O)c(O)c2C1=O. The van der Waals surface area contributed by atoms with Crippen molar-refractivity contribution in [1.82, 2.24) is 14.6 Å². The Bertz CT molecular complexity index is 1410. The first-order chi connectivity index (χ1) is 18.7. The first-order valence-electron chi connectivity index (χ1n) is 12.7. The molecule has 0 bridgehead atoms. The molecule has 0 aliphatic carbocycles. The highest BCUT2D eigenvalue weighted by Crippen LogP contribution is 2.23. The molecular formula is C28H30F2N4O5. The number of pyridine rings is 2. The Balaban J connectivity index is 1.64. The maximum absolute atomic E-state index is 14.0. The lowest BCUT2D eigenvalue weighted by molar-refractivity contribution is 0.0566. The molecule has 1 amide bonds. The molecule has 0 radical (unpaired) electrons. The van der Waals surface area contributed by atoms with Gasteiger partial charge in [-0.1, -0.05) is 12.1 Å². The van der Waals surface area contributed by atoms with Crippen LogP contribution in [0.1, 0.15) is 58.8 Å². The number of ether oxygens (including phenoxy) is 1. The minimum atomic E-state index is -0.984. The van der Waals surface area contributed by atoms with E-state index in [1.54, 1.807) is 23.3 Å². The van der Waals surface area contributed by atoms with Crippen LogP contribution in [0.3, 0.4) is 0 Å². The van der Waals surface area contributed by atoms with Crippen molar-refractivity contribution in [3.05, 3.63) is 93.2 Å². The molecule has 1 N–H and O–H groups in total. The maximum atomic E-state index is 14.0. The first-order valence-corrected chi connectivity index (χ1v) is 12.7. The van der Waals surface area contributed by atoms with Crippen LogP contribution >= 0.6 is 0 Å². The molecule has 1 aromatic carbocycles. The molecule has 3 heterocycles. The molecule has 2 aromatic heterocycles. The van der Waals surface area contributed by atoms with Crippen LogP contribution in [0.25, 0.3) is 0 Å². The van der Waals surface area contributed by atoms with Crippen LogP contribution in [0.4, 0.5) is 8.78 Å². The fraction of sp³-hybridized carbons (Fsp3) is 0.357. The number of Topliss-reactive ketones (excluding diaryl/α,β-unsaturated/α-hetero) is 1. The average molecular weight is 541 g/mol. The van der Waals surface area contributed by atoms with Gasteiger partial charge in [0.1, 0.15) is 18.3 Å². The predicted octanol–water partition coefficient (Wildman–Crippen LogP) is 3.41. The summed E-state index contributed by atoms with van der Waals surface area (Å²) in [5, 5.41) is 12.5. The van der Waals surface area contributed by atoms with Crippen molar-refractivity contribution < 1.29 is 28.2 Å². The molecule has 0 saturated heterocycles. The summed E-state index contributed by atoms with van der Waals surface area (Å²) in [6, 6.07) is 8.42. The van der Waals surface area contributed by atoms with Crippen LogP contribution in [0.15, 0.2) is 53.6 Å². The molecule has 0 saturated carbocycles. The van der Waals surface area contributed by atoms with Gasteiger partial charge in [-0.3, -0.25) is 29.1 Å². The Hall–Kier alpha value is -4.12. The number of hydrogen-bond acceptors (Lipinski definition) is 7. The van der Waals surface area contributed by atoms with Gasteiger partial charge in [-0.05, 0) is 50.5 Å². The predicted molar refractivity (Wildman–Crippen MR) is 139 cm³/mol. The number of fused-ring (bicyclic) bond motifs is 1. The van der Waals surface area contributed by atoms with Gasteiger partial charge in [0.2, 0.25) is 5.43 Å². The van der Waals surface area contributed by atoms with Crippen molar-refractivity contribution >= 4 is 11.7 Å². The van der Waals surface area contributed by atoms with E-state index >= 15 is 0 Å². The molecule has 4 rings (SSSR count). The Morgan fingerprint density at radius 3 is 2.67 bits per heavy atom. The van der Waals surface area contributed by atoms with E-state index in [-0.39, 0.29) is 49.0 Å². The Kier molecular flexibility index (Phi) is 8.70. The van der Waals surface area contributed by atoms with Crippen LogP contribution in [0.5, 0.6) is 5.75 Å². The second-order valence-corrected chi connectivity index (χ2v) is 9.54. The molecule has 0 atom stereocenters. The molecule has 3 aromatic rings. The zero-order valence-corrected chi connectivity index (χ0v) is 21.8. The first kappa shape index (κ1) is 27.9. The lowest BCUT2D eigenvalue weighted by Gasteiger charge is -2.39. The number of ketones is 1. The fourth-order valence-corrected chi connectivity index (χ4v) is 4.35. The Morgan fingerprint density at radius 2 is 1.97 bits per heavy atom. The van der Waals surface area contributed by atoms with Crippen molar-refractivity contribution in [2.75, 3.05) is 24.8 Å². The van der Waals surface area contributed by atoms with E-state index in [4.69, 9.17) is 4.74 Å². The van der Waals surface area contributed by atoms with E-state index in [1.165, 1.54) is 21.8 Å². The summed E-state index contributed by atoms with van der Waals surface area (Å²) in [6.07, 6.45) is 3.12. The number of rotatable bonds is 11. The Labute approximate surface area is 224 Å². The quantitative estimate of drug-likeness (QED) is 0.294. The fourth-order valence-electron chi connectivity index (χ4n) is 4.35. The minimum absolute atomic E-state index is 0.0431. The van der Waals surface area contributed by atoms with Gasteiger partial charge in [0.05, 0.1) is 23.9 Å². The number of aromatic hydroxyl groups is 1. The lowest BCUT2D eigenvalue weighted by atomic mass is 10.0. The maximum Gasteiger partial charge on any atom is 0.277 e. The molecule has 0 unspecified atom stereocenters. The largest absolute Gasteiger partial charge is 0.502 e. The second-order valence-electron chi connectivity index (χ2n) is 9.54. The van der Waals surface area contributed by atoms with E-state index in [9.17, 15) is 28.3 Å². The van der Waals surface area contributed by atoms with Crippen molar-refractivity contribution in [2.24, 2.45) is 0 Å². The summed E-state index contributed by atoms with van der Waals surface area (Å²) < 4.78 is 34.1. The molecule has 0 spiro atoms. The summed E-state index contributed by atoms with van der Waals surface area (Å²) in [4.78, 5) is 45.2. The lowest BCUT2D eigenvalue weighted by Crippen LogP contribution is -2.54. The van der Waals surface area contributed by atoms with E-state index in [2.05, 4.69) is 4.98 Å². The van der Waals surface area contributed by atoms with Crippen molar-refractivity contribution in [1.29, 1.82) is 0 Å². The molecule has 9 nitrogen and oxygen atoms in total. The van der Waals surface area contributed by atoms with Crippen LogP contribution in [0, 0.1) is 11.6 Å². The van der Waals surface area contributed by atoms with Crippen molar-refractivity contribution in [3.63, 3.8) is 0 Å². The van der Waals surface area contributed by atoms with Gasteiger partial charge in [0, 0.05) is 38.0 Å². The molecule has 1 aliphatic rings. The number of benzene rings is 1. The molecule has 11 heteroatoms. The number of amides is 1. The van der Waals surface area contributed by atoms with Gasteiger partial charge in [-0.2, -0.15) is 0 Å². The number of carbonyl (C=O) groups excluding carboxylic acids is 2. The highest BCUT2D eigenvalue weighted by atomic mass is 19.1. The van der Waals surface area contributed by atoms with E-state index in [0.29, 0.717) is 25.3 Å². The van der Waals surface area contributed by atoms with Gasteiger partial charge < -0.3 is 14.7 Å². The van der Waals surface area contributed by atoms with Gasteiger partial charge in [-0.25, -0.2) is 8.78 Å². The normalized spacial score (nSPS) is 13.2. The van der Waals surface area contributed by atoms with Gasteiger partial charge >= 0.3 is 0 Å². The van der Waals surface area contributed by atoms with E-state index in [0.717, 1.165) is 12.1 Å². The molecular weight excluding hydrogens is 510 g/mol. The third-order valence-electron chi connectivity index (χ3n) is 6.32. The van der Waals surface area contributed by atoms with Crippen LogP contribution in [-0.4, -0.2) is 57.3 Å². The third kappa shape index (κ3) is 6.48. The zero-order chi connectivity index (χ0) is 28.1. The van der Waals surface area contributed by atoms with E-state index < -0.39 is 34.5 Å². The van der Waals surface area contributed by atoms with Crippen molar-refractivity contribution in [2.45, 2.75) is 45.8 Å². The van der Waals surface area contributed by atoms with Gasteiger partial charge in [0.25, 0.3) is 5.91 Å². The van der Waals surface area contributed by atoms with Gasteiger partial charge in [-0.15, -0.1) is 0 Å². The molecule has 0 fully saturated rings. The summed E-state index contributed by atoms with van der Waals surface area (Å²) in [6.45, 7) is 4.91. The highest BCUT2D eigenvalue weighted by Gasteiger charge is 2.34. The van der Waals surface area contributed by atoms with Crippen LogP contribution < -0.4 is 10.4 Å². The average Bonchev–Trinajstić information content (AvgIpc) is 2.90. The topological polar surface area (TPSA) is 105 Å². The summed E-state index contributed by atoms with van der Waals surface area (Å²) in [7, 11) is 0. The molecule has 1 aliphatic heterocycles. The number of aryl methyl sites for hydroxylation is 1. The summed E-state index contributed by atoms with van der Waals surface area (Å²) in [5.41, 5.74) is -0.791. The standard InChI is InChI=1S/C28H30F2N4O5/c1-18(2)39-13-5-12-32-17-33(15-21-6-3-4-11-31-21)34-16-22(26(36)27(37)25(34)28(32)38)24(35)10-8-19-7-9-20(29)14-23(19)30/h3-4,6-7,9,11,14,16,18,37H,5,8,10,12-13,15,17H2,1-2H3. The number of aromatic nitrogens is 2. The van der Waals surface area contributed by atoms with E-state index in [1.807, 2.05) is 19.9 Å². The van der Waals surface area contributed by atoms with Crippen molar-refractivity contribution in [3.8, 4) is 5.75 Å². The molecule has 206 valence electrons. The zero-order valence-electron chi connectivity index (χ0n) is 21.8. The number of nitrogens with zero attached hydrogens (tertiary/aromatic N) is 4. The Morgan fingerprint density at radius 1 is 1.18 bits per heavy atom. The number of hydrogen-bond donors (Lipinski definition) is 1. The molecule has 39 heavy (non-hydrogen) atoms. The summed E-state index contributed by atoms with van der Waals surface area (Å²) >= 11 is 0. The van der Waals surface area contributed by atoms with Crippen LogP contribution in [0.2, 0.25) is 0 Å². The number of halogens is 2. The highest BCUT2D eigenvalue weighted by molar-refractivity contribution is 6.00. The third-order valence-corrected chi connectivity index (χ3v) is 6.32. The second kappa shape index (κ2) is 12.2. The smallest absolute Gasteiger partial charge is 0.277 e. The van der Waals surface area contributed by atoms with Crippen LogP contribution in [-0.2, 0) is 17.7 Å². The van der Waals surface area contributed by atoms with Gasteiger partial charge in [0.15, 0.2) is 17.2 Å². The minimum Gasteiger partial charge on any atom is -0.502 e. The summed E-state index contributed by atoms with van der Waals surface area (Å²) in [5.74, 6) is -3.57.